The quantitative estimate of drug-likeness (QED) is 0.260. The van der Waals surface area contributed by atoms with Gasteiger partial charge >= 0.3 is 5.69 Å². The van der Waals surface area contributed by atoms with Gasteiger partial charge in [-0.3, -0.25) is 9.59 Å². The molecular weight excluding hydrogens is 402 g/mol. The number of azo groups is 1. The number of carbonyl (C=O) groups excluding carboxylic acids is 2. The summed E-state index contributed by atoms with van der Waals surface area (Å²) in [5.41, 5.74) is 1.61. The van der Waals surface area contributed by atoms with Crippen LogP contribution in [-0.2, 0) is 14.3 Å². The largest absolute Gasteiger partial charge is 0.491 e. The van der Waals surface area contributed by atoms with Crippen LogP contribution in [0.2, 0.25) is 0 Å². The van der Waals surface area contributed by atoms with E-state index in [-0.39, 0.29) is 5.69 Å². The molecule has 2 aromatic carbocycles. The number of aromatic nitrogens is 2. The van der Waals surface area contributed by atoms with Gasteiger partial charge in [-0.1, -0.05) is 12.1 Å². The van der Waals surface area contributed by atoms with Gasteiger partial charge in [0.25, 0.3) is 5.91 Å². The van der Waals surface area contributed by atoms with Gasteiger partial charge < -0.3 is 24.8 Å². The molecule has 3 aromatic rings. The van der Waals surface area contributed by atoms with Crippen LogP contribution >= 0.6 is 0 Å². The average molecular weight is 425 g/mol. The number of ether oxygens (including phenoxy) is 2. The first kappa shape index (κ1) is 21.9. The number of methoxy groups -OCH3 is 1. The Bertz CT molecular complexity index is 1150. The molecule has 0 saturated carbocycles. The first-order chi connectivity index (χ1) is 15.0. The fourth-order valence-corrected chi connectivity index (χ4v) is 2.81. The minimum absolute atomic E-state index is 0.350. The molecule has 1 amide bonds. The van der Waals surface area contributed by atoms with Crippen LogP contribution in [0.25, 0.3) is 11.0 Å². The highest BCUT2D eigenvalue weighted by Gasteiger charge is 2.23. The van der Waals surface area contributed by atoms with Crippen molar-refractivity contribution in [2.75, 3.05) is 25.6 Å². The van der Waals surface area contributed by atoms with Crippen molar-refractivity contribution < 1.29 is 19.1 Å². The highest BCUT2D eigenvalue weighted by Crippen LogP contribution is 2.27. The maximum atomic E-state index is 12.6. The van der Waals surface area contributed by atoms with Crippen molar-refractivity contribution in [1.29, 1.82) is 0 Å². The minimum atomic E-state index is -1.33. The zero-order valence-corrected chi connectivity index (χ0v) is 17.2. The summed E-state index contributed by atoms with van der Waals surface area (Å²) in [5.74, 6) is -0.602. The third-order valence-corrected chi connectivity index (χ3v) is 4.31. The monoisotopic (exact) mass is 425 g/mol. The molecule has 3 N–H and O–H groups in total. The molecule has 0 radical (unpaired) electrons. The number of fused-ring (bicyclic) bond motifs is 1. The van der Waals surface area contributed by atoms with Crippen LogP contribution in [0.15, 0.2) is 57.5 Å². The third kappa shape index (κ3) is 5.86. The molecule has 10 heteroatoms. The number of benzene rings is 2. The van der Waals surface area contributed by atoms with Gasteiger partial charge in [0.2, 0.25) is 6.04 Å². The number of H-pyrrole nitrogens is 2. The normalized spacial score (nSPS) is 12.2. The number of hydrogen-bond donors (Lipinski definition) is 3. The van der Waals surface area contributed by atoms with E-state index in [1.165, 1.54) is 6.92 Å². The second-order valence-electron chi connectivity index (χ2n) is 6.72. The van der Waals surface area contributed by atoms with E-state index in [1.54, 1.807) is 49.6 Å². The van der Waals surface area contributed by atoms with Crippen LogP contribution in [0.4, 0.5) is 11.4 Å². The Balaban J connectivity index is 1.72. The van der Waals surface area contributed by atoms with Gasteiger partial charge in [-0.25, -0.2) is 4.79 Å². The first-order valence-electron chi connectivity index (χ1n) is 9.63. The summed E-state index contributed by atoms with van der Waals surface area (Å²) in [4.78, 5) is 41.3. The maximum Gasteiger partial charge on any atom is 0.323 e. The highest BCUT2D eigenvalue weighted by atomic mass is 16.5. The predicted molar refractivity (Wildman–Crippen MR) is 115 cm³/mol. The van der Waals surface area contributed by atoms with Crippen LogP contribution in [0.1, 0.15) is 13.3 Å². The van der Waals surface area contributed by atoms with E-state index in [2.05, 4.69) is 25.5 Å². The summed E-state index contributed by atoms with van der Waals surface area (Å²) in [6.45, 7) is 2.27. The zero-order chi connectivity index (χ0) is 22.2. The van der Waals surface area contributed by atoms with E-state index >= 15 is 0 Å². The fourth-order valence-electron chi connectivity index (χ4n) is 2.81. The molecule has 0 fully saturated rings. The van der Waals surface area contributed by atoms with Crippen molar-refractivity contribution in [2.24, 2.45) is 10.2 Å². The Morgan fingerprint density at radius 1 is 1.10 bits per heavy atom. The molecule has 0 saturated heterocycles. The van der Waals surface area contributed by atoms with E-state index in [4.69, 9.17) is 9.47 Å². The first-order valence-corrected chi connectivity index (χ1v) is 9.63. The van der Waals surface area contributed by atoms with Crippen LogP contribution in [0.3, 0.4) is 0 Å². The molecule has 0 spiro atoms. The van der Waals surface area contributed by atoms with E-state index in [0.717, 1.165) is 0 Å². The van der Waals surface area contributed by atoms with Gasteiger partial charge in [-0.05, 0) is 37.3 Å². The van der Waals surface area contributed by atoms with Crippen molar-refractivity contribution in [2.45, 2.75) is 19.4 Å². The Morgan fingerprint density at radius 2 is 1.87 bits per heavy atom. The van der Waals surface area contributed by atoms with Gasteiger partial charge in [0.05, 0.1) is 17.6 Å². The second-order valence-corrected chi connectivity index (χ2v) is 6.72. The Hall–Kier alpha value is -3.79. The molecule has 162 valence electrons. The lowest BCUT2D eigenvalue weighted by molar-refractivity contribution is -0.126. The van der Waals surface area contributed by atoms with Gasteiger partial charge in [-0.15, -0.1) is 0 Å². The number of Topliss-reactive ketones (excluding diaryl/α,β-unsaturated/α-hetero) is 1. The van der Waals surface area contributed by atoms with Crippen LogP contribution in [0.5, 0.6) is 5.75 Å². The van der Waals surface area contributed by atoms with E-state index in [1.807, 2.05) is 0 Å². The average Bonchev–Trinajstić information content (AvgIpc) is 3.11. The van der Waals surface area contributed by atoms with Crippen molar-refractivity contribution in [3.05, 3.63) is 52.9 Å². The number of anilines is 1. The molecule has 3 rings (SSSR count). The SMILES string of the molecule is COCCCOc1ccccc1N=NC(C(C)=O)C(=O)Nc1ccc2[nH]c(=O)[nH]c2c1. The molecule has 31 heavy (non-hydrogen) atoms. The highest BCUT2D eigenvalue weighted by molar-refractivity contribution is 6.10. The van der Waals surface area contributed by atoms with Crippen LogP contribution in [-0.4, -0.2) is 48.0 Å². The molecule has 1 heterocycles. The standard InChI is InChI=1S/C21H23N5O5/c1-13(27)19(20(28)22-14-8-9-15-17(12-14)24-21(29)23-15)26-25-16-6-3-4-7-18(16)31-11-5-10-30-2/h3-4,6-9,12,19H,5,10-11H2,1-2H3,(H,22,28)(H2,23,24,29). The van der Waals surface area contributed by atoms with Gasteiger partial charge in [0.1, 0.15) is 11.4 Å². The summed E-state index contributed by atoms with van der Waals surface area (Å²) in [6.07, 6.45) is 0.706. The lowest BCUT2D eigenvalue weighted by Gasteiger charge is -2.10. The smallest absolute Gasteiger partial charge is 0.323 e. The second kappa shape index (κ2) is 10.3. The molecule has 10 nitrogen and oxygen atoms in total. The number of ketones is 1. The van der Waals surface area contributed by atoms with E-state index in [0.29, 0.717) is 47.8 Å². The summed E-state index contributed by atoms with van der Waals surface area (Å²) >= 11 is 0. The Morgan fingerprint density at radius 3 is 2.65 bits per heavy atom. The van der Waals surface area contributed by atoms with Gasteiger partial charge in [0, 0.05) is 25.8 Å². The van der Waals surface area contributed by atoms with Gasteiger partial charge in [0.15, 0.2) is 5.78 Å². The molecular formula is C21H23N5O5. The lowest BCUT2D eigenvalue weighted by Crippen LogP contribution is -2.31. The summed E-state index contributed by atoms with van der Waals surface area (Å²) < 4.78 is 10.7. The van der Waals surface area contributed by atoms with E-state index in [9.17, 15) is 14.4 Å². The lowest BCUT2D eigenvalue weighted by atomic mass is 10.2. The number of para-hydroxylation sites is 1. The maximum absolute atomic E-state index is 12.6. The van der Waals surface area contributed by atoms with E-state index < -0.39 is 17.7 Å². The fraction of sp³-hybridized carbons (Fsp3) is 0.286. The third-order valence-electron chi connectivity index (χ3n) is 4.31. The Kier molecular flexibility index (Phi) is 7.28. The van der Waals surface area contributed by atoms with Crippen molar-refractivity contribution in [3.8, 4) is 5.75 Å². The zero-order valence-electron chi connectivity index (χ0n) is 17.2. The van der Waals surface area contributed by atoms with Crippen molar-refractivity contribution in [1.82, 2.24) is 9.97 Å². The number of aromatic amines is 2. The molecule has 0 aliphatic carbocycles. The predicted octanol–water partition coefficient (Wildman–Crippen LogP) is 2.95. The molecule has 1 atom stereocenters. The number of amides is 1. The Labute approximate surface area is 177 Å². The van der Waals surface area contributed by atoms with Crippen LogP contribution < -0.4 is 15.7 Å². The molecule has 0 aliphatic heterocycles. The topological polar surface area (TPSA) is 138 Å². The number of nitrogens with one attached hydrogen (secondary N) is 3. The molecule has 1 aromatic heterocycles. The molecule has 1 unspecified atom stereocenters. The number of carbonyl (C=O) groups is 2. The van der Waals surface area contributed by atoms with Crippen molar-refractivity contribution >= 4 is 34.1 Å². The molecule has 0 aliphatic rings. The minimum Gasteiger partial charge on any atom is -0.491 e. The number of hydrogen-bond acceptors (Lipinski definition) is 7. The summed E-state index contributed by atoms with van der Waals surface area (Å²) in [7, 11) is 1.62. The van der Waals surface area contributed by atoms with Gasteiger partial charge in [-0.2, -0.15) is 10.2 Å². The number of nitrogens with zero attached hydrogens (tertiary/aromatic N) is 2. The number of rotatable bonds is 10. The van der Waals surface area contributed by atoms with Crippen LogP contribution in [0, 0.1) is 0 Å². The summed E-state index contributed by atoms with van der Waals surface area (Å²) in [5, 5.41) is 10.7. The van der Waals surface area contributed by atoms with Crippen molar-refractivity contribution in [3.63, 3.8) is 0 Å². The molecule has 0 bridgehead atoms. The number of imidazole rings is 1. The summed E-state index contributed by atoms with van der Waals surface area (Å²) in [6, 6.07) is 10.5.